The fourth-order valence-electron chi connectivity index (χ4n) is 1.79. The van der Waals surface area contributed by atoms with Crippen LogP contribution in [0.3, 0.4) is 0 Å². The van der Waals surface area contributed by atoms with Crippen LogP contribution in [0, 0.1) is 0 Å². The van der Waals surface area contributed by atoms with Crippen molar-refractivity contribution in [2.45, 2.75) is 12.5 Å². The van der Waals surface area contributed by atoms with Gasteiger partial charge >= 0.3 is 0 Å². The first-order valence-electron chi connectivity index (χ1n) is 4.52. The van der Waals surface area contributed by atoms with E-state index in [1.807, 2.05) is 5.38 Å². The van der Waals surface area contributed by atoms with Gasteiger partial charge in [-0.15, -0.1) is 16.4 Å². The van der Waals surface area contributed by atoms with E-state index in [1.54, 1.807) is 11.3 Å². The molecule has 3 nitrogen and oxygen atoms in total. The van der Waals surface area contributed by atoms with Crippen molar-refractivity contribution >= 4 is 22.9 Å². The summed E-state index contributed by atoms with van der Waals surface area (Å²) in [6.45, 7) is 1.03. The van der Waals surface area contributed by atoms with Crippen LogP contribution in [0.2, 0.25) is 0 Å². The molecule has 0 radical (unpaired) electrons. The van der Waals surface area contributed by atoms with Gasteiger partial charge in [-0.1, -0.05) is 4.49 Å². The zero-order valence-corrected chi connectivity index (χ0v) is 9.07. The van der Waals surface area contributed by atoms with E-state index in [1.165, 1.54) is 22.0 Å². The van der Waals surface area contributed by atoms with Gasteiger partial charge < -0.3 is 5.32 Å². The van der Waals surface area contributed by atoms with Gasteiger partial charge in [0.15, 0.2) is 0 Å². The molecule has 2 aromatic heterocycles. The maximum absolute atomic E-state index is 4.13. The minimum Gasteiger partial charge on any atom is -0.304 e. The predicted molar refractivity (Wildman–Crippen MR) is 57.8 cm³/mol. The van der Waals surface area contributed by atoms with Crippen molar-refractivity contribution in [1.29, 1.82) is 0 Å². The summed E-state index contributed by atoms with van der Waals surface area (Å²) in [5, 5.41) is 11.8. The molecular formula is C9H9N3S2. The second kappa shape index (κ2) is 3.42. The highest BCUT2D eigenvalue weighted by Crippen LogP contribution is 2.31. The third-order valence-electron chi connectivity index (χ3n) is 2.46. The van der Waals surface area contributed by atoms with E-state index < -0.39 is 0 Å². The lowest BCUT2D eigenvalue weighted by molar-refractivity contribution is 0.566. The number of nitrogens with zero attached hydrogens (tertiary/aromatic N) is 2. The fraction of sp³-hybridized carbons (Fsp3) is 0.333. The highest BCUT2D eigenvalue weighted by Gasteiger charge is 2.23. The molecule has 14 heavy (non-hydrogen) atoms. The summed E-state index contributed by atoms with van der Waals surface area (Å²) < 4.78 is 3.91. The summed E-state index contributed by atoms with van der Waals surface area (Å²) in [7, 11) is 0. The van der Waals surface area contributed by atoms with E-state index in [0.717, 1.165) is 18.7 Å². The second-order valence-electron chi connectivity index (χ2n) is 3.28. The van der Waals surface area contributed by atoms with E-state index in [9.17, 15) is 0 Å². The molecule has 0 saturated heterocycles. The average molecular weight is 223 g/mol. The topological polar surface area (TPSA) is 37.8 Å². The van der Waals surface area contributed by atoms with Crippen molar-refractivity contribution in [3.63, 3.8) is 0 Å². The van der Waals surface area contributed by atoms with Crippen LogP contribution in [0.5, 0.6) is 0 Å². The molecule has 5 heteroatoms. The zero-order valence-electron chi connectivity index (χ0n) is 7.43. The molecule has 72 valence electrons. The molecule has 0 amide bonds. The van der Waals surface area contributed by atoms with Gasteiger partial charge in [0.05, 0.1) is 11.7 Å². The highest BCUT2D eigenvalue weighted by atomic mass is 32.1. The Labute approximate surface area is 90.0 Å². The van der Waals surface area contributed by atoms with Crippen molar-refractivity contribution in [2.24, 2.45) is 0 Å². The quantitative estimate of drug-likeness (QED) is 0.801. The molecule has 0 aromatic carbocycles. The van der Waals surface area contributed by atoms with Crippen molar-refractivity contribution in [1.82, 2.24) is 14.9 Å². The van der Waals surface area contributed by atoms with Gasteiger partial charge in [0.25, 0.3) is 0 Å². The molecule has 3 heterocycles. The molecule has 0 bridgehead atoms. The number of thiophene rings is 1. The Morgan fingerprint density at radius 3 is 3.36 bits per heavy atom. The standard InChI is InChI=1S/C9H9N3S2/c1-3-10-8(7-5-14-12-11-7)9-6(1)2-4-13-9/h2,4-5,8,10H,1,3H2. The predicted octanol–water partition coefficient (Wildman–Crippen LogP) is 1.83. The Kier molecular flexibility index (Phi) is 2.08. The minimum atomic E-state index is 0.275. The monoisotopic (exact) mass is 223 g/mol. The summed E-state index contributed by atoms with van der Waals surface area (Å²) in [5.74, 6) is 0. The molecule has 3 rings (SSSR count). The van der Waals surface area contributed by atoms with Gasteiger partial charge in [0, 0.05) is 16.8 Å². The molecule has 1 unspecified atom stereocenters. The van der Waals surface area contributed by atoms with Crippen LogP contribution in [-0.4, -0.2) is 16.1 Å². The highest BCUT2D eigenvalue weighted by molar-refractivity contribution is 7.10. The van der Waals surface area contributed by atoms with E-state index in [0.29, 0.717) is 0 Å². The normalized spacial score (nSPS) is 20.7. The van der Waals surface area contributed by atoms with Crippen molar-refractivity contribution in [3.05, 3.63) is 33.0 Å². The summed E-state index contributed by atoms with van der Waals surface area (Å²) >= 11 is 3.22. The molecule has 0 fully saturated rings. The third kappa shape index (κ3) is 1.28. The fourth-order valence-corrected chi connectivity index (χ4v) is 3.31. The lowest BCUT2D eigenvalue weighted by Gasteiger charge is -2.21. The first kappa shape index (κ1) is 8.52. The van der Waals surface area contributed by atoms with Crippen LogP contribution in [-0.2, 0) is 6.42 Å². The maximum atomic E-state index is 4.13. The molecule has 2 aromatic rings. The van der Waals surface area contributed by atoms with E-state index >= 15 is 0 Å². The lowest BCUT2D eigenvalue weighted by atomic mass is 10.0. The Morgan fingerprint density at radius 1 is 1.50 bits per heavy atom. The number of fused-ring (bicyclic) bond motifs is 1. The molecular weight excluding hydrogens is 214 g/mol. The molecule has 0 saturated carbocycles. The second-order valence-corrected chi connectivity index (χ2v) is 4.83. The minimum absolute atomic E-state index is 0.275. The van der Waals surface area contributed by atoms with E-state index in [2.05, 4.69) is 26.4 Å². The number of nitrogens with one attached hydrogen (secondary N) is 1. The van der Waals surface area contributed by atoms with Crippen LogP contribution in [0.1, 0.15) is 22.2 Å². The number of hydrogen-bond acceptors (Lipinski definition) is 5. The van der Waals surface area contributed by atoms with E-state index in [4.69, 9.17) is 0 Å². The molecule has 0 aliphatic carbocycles. The van der Waals surface area contributed by atoms with Crippen molar-refractivity contribution < 1.29 is 0 Å². The van der Waals surface area contributed by atoms with Gasteiger partial charge in [-0.25, -0.2) is 0 Å². The van der Waals surface area contributed by atoms with Gasteiger partial charge in [-0.2, -0.15) is 0 Å². The smallest absolute Gasteiger partial charge is 0.0978 e. The van der Waals surface area contributed by atoms with Gasteiger partial charge in [0.2, 0.25) is 0 Å². The zero-order chi connectivity index (χ0) is 9.38. The first-order chi connectivity index (χ1) is 6.95. The molecule has 1 N–H and O–H groups in total. The summed E-state index contributed by atoms with van der Waals surface area (Å²) in [6.07, 6.45) is 1.13. The number of hydrogen-bond donors (Lipinski definition) is 1. The summed E-state index contributed by atoms with van der Waals surface area (Å²) in [5.41, 5.74) is 2.52. The van der Waals surface area contributed by atoms with Gasteiger partial charge in [-0.05, 0) is 35.0 Å². The molecule has 0 spiro atoms. The number of aromatic nitrogens is 2. The van der Waals surface area contributed by atoms with Crippen LogP contribution in [0.25, 0.3) is 0 Å². The molecule has 1 atom stereocenters. The lowest BCUT2D eigenvalue weighted by Crippen LogP contribution is -2.29. The van der Waals surface area contributed by atoms with Gasteiger partial charge in [-0.3, -0.25) is 0 Å². The Bertz CT molecular complexity index is 421. The van der Waals surface area contributed by atoms with E-state index in [-0.39, 0.29) is 6.04 Å². The molecule has 1 aliphatic rings. The van der Waals surface area contributed by atoms with Crippen LogP contribution >= 0.6 is 22.9 Å². The van der Waals surface area contributed by atoms with Crippen LogP contribution in [0.15, 0.2) is 16.8 Å². The third-order valence-corrected chi connectivity index (χ3v) is 4.01. The van der Waals surface area contributed by atoms with Crippen molar-refractivity contribution in [3.8, 4) is 0 Å². The van der Waals surface area contributed by atoms with Gasteiger partial charge in [0.1, 0.15) is 0 Å². The first-order valence-corrected chi connectivity index (χ1v) is 6.23. The van der Waals surface area contributed by atoms with Crippen LogP contribution in [0.4, 0.5) is 0 Å². The Hall–Kier alpha value is -0.780. The Balaban J connectivity index is 2.04. The average Bonchev–Trinajstić information content (AvgIpc) is 2.88. The Morgan fingerprint density at radius 2 is 2.50 bits per heavy atom. The maximum Gasteiger partial charge on any atom is 0.0978 e. The largest absolute Gasteiger partial charge is 0.304 e. The van der Waals surface area contributed by atoms with Crippen molar-refractivity contribution in [2.75, 3.05) is 6.54 Å². The van der Waals surface area contributed by atoms with Crippen LogP contribution < -0.4 is 5.32 Å². The summed E-state index contributed by atoms with van der Waals surface area (Å²) in [6, 6.07) is 2.49. The summed E-state index contributed by atoms with van der Waals surface area (Å²) in [4.78, 5) is 1.41. The number of rotatable bonds is 1. The molecule has 1 aliphatic heterocycles. The SMILES string of the molecule is c1cc2c(s1)C(c1csnn1)NCC2.